The molecule has 3 rings (SSSR count). The molecule has 0 heterocycles. The quantitative estimate of drug-likeness (QED) is 0.701. The van der Waals surface area contributed by atoms with Gasteiger partial charge in [-0.1, -0.05) is 54.6 Å². The van der Waals surface area contributed by atoms with E-state index in [0.29, 0.717) is 0 Å². The first-order valence-corrected chi connectivity index (χ1v) is 7.25. The van der Waals surface area contributed by atoms with Crippen LogP contribution >= 0.6 is 0 Å². The minimum absolute atomic E-state index is 0.255. The van der Waals surface area contributed by atoms with Crippen LogP contribution in [0.3, 0.4) is 0 Å². The van der Waals surface area contributed by atoms with Crippen molar-refractivity contribution >= 4 is 0 Å². The predicted octanol–water partition coefficient (Wildman–Crippen LogP) is 4.45. The second-order valence-corrected chi connectivity index (χ2v) is 5.58. The van der Waals surface area contributed by atoms with Crippen LogP contribution in [-0.2, 0) is 5.41 Å². The Bertz CT molecular complexity index is 698. The SMILES string of the molecule is CC(c1ccc(O)cc1)(c1ccc(O)cc1)[13c]1[13cH][13cH][13cH][13cH][13cH]1. The van der Waals surface area contributed by atoms with Gasteiger partial charge in [-0.15, -0.1) is 0 Å². The fourth-order valence-electron chi connectivity index (χ4n) is 2.86. The third-order valence-electron chi connectivity index (χ3n) is 4.24. The number of hydrogen-bond donors (Lipinski definition) is 2. The van der Waals surface area contributed by atoms with Gasteiger partial charge in [0.2, 0.25) is 0 Å². The van der Waals surface area contributed by atoms with Gasteiger partial charge < -0.3 is 10.2 Å². The summed E-state index contributed by atoms with van der Waals surface area (Å²) in [5.74, 6) is 0.509. The molecule has 0 bridgehead atoms. The Kier molecular flexibility index (Phi) is 3.60. The first-order chi connectivity index (χ1) is 10.6. The summed E-state index contributed by atoms with van der Waals surface area (Å²) in [6, 6.07) is 24.8. The molecule has 22 heavy (non-hydrogen) atoms. The molecule has 0 aliphatic heterocycles. The van der Waals surface area contributed by atoms with Crippen molar-refractivity contribution in [2.75, 3.05) is 0 Å². The zero-order valence-corrected chi connectivity index (χ0v) is 12.4. The molecule has 0 unspecified atom stereocenters. The zero-order valence-electron chi connectivity index (χ0n) is 12.4. The number of hydrogen-bond acceptors (Lipinski definition) is 2. The first-order valence-electron chi connectivity index (χ1n) is 7.25. The van der Waals surface area contributed by atoms with Gasteiger partial charge in [0.25, 0.3) is 0 Å². The van der Waals surface area contributed by atoms with E-state index in [1.807, 2.05) is 42.5 Å². The second-order valence-electron chi connectivity index (χ2n) is 5.58. The summed E-state index contributed by atoms with van der Waals surface area (Å²) in [6.07, 6.45) is 0. The van der Waals surface area contributed by atoms with E-state index in [0.717, 1.165) is 16.7 Å². The maximum Gasteiger partial charge on any atom is 0.115 e. The maximum atomic E-state index is 9.57. The number of rotatable bonds is 3. The molecule has 0 fully saturated rings. The fourth-order valence-corrected chi connectivity index (χ4v) is 2.86. The molecule has 0 radical (unpaired) electrons. The van der Waals surface area contributed by atoms with Gasteiger partial charge in [-0.05, 0) is 47.9 Å². The van der Waals surface area contributed by atoms with Gasteiger partial charge in [0.15, 0.2) is 0 Å². The molecule has 0 saturated heterocycles. The molecule has 0 amide bonds. The largest absolute Gasteiger partial charge is 0.508 e. The summed E-state index contributed by atoms with van der Waals surface area (Å²) in [5.41, 5.74) is 2.97. The van der Waals surface area contributed by atoms with Gasteiger partial charge in [-0.3, -0.25) is 0 Å². The summed E-state index contributed by atoms with van der Waals surface area (Å²) >= 11 is 0. The lowest BCUT2D eigenvalue weighted by Crippen LogP contribution is -2.25. The summed E-state index contributed by atoms with van der Waals surface area (Å²) in [7, 11) is 0. The van der Waals surface area contributed by atoms with Crippen molar-refractivity contribution < 1.29 is 10.2 Å². The Morgan fingerprint density at radius 1 is 0.545 bits per heavy atom. The molecule has 2 nitrogen and oxygen atoms in total. The maximum absolute atomic E-state index is 9.57. The molecule has 2 N–H and O–H groups in total. The highest BCUT2D eigenvalue weighted by molar-refractivity contribution is 5.50. The third kappa shape index (κ3) is 2.44. The van der Waals surface area contributed by atoms with Gasteiger partial charge in [0, 0.05) is 5.41 Å². The predicted molar refractivity (Wildman–Crippen MR) is 88.2 cm³/mol. The minimum Gasteiger partial charge on any atom is -0.508 e. The molecule has 2 heteroatoms. The molecule has 0 atom stereocenters. The van der Waals surface area contributed by atoms with Crippen molar-refractivity contribution in [3.05, 3.63) is 95.6 Å². The van der Waals surface area contributed by atoms with Gasteiger partial charge in [-0.25, -0.2) is 0 Å². The highest BCUT2D eigenvalue weighted by Crippen LogP contribution is 2.39. The number of phenols is 2. The first kappa shape index (κ1) is 14.2. The highest BCUT2D eigenvalue weighted by atomic mass is 16.3. The highest BCUT2D eigenvalue weighted by Gasteiger charge is 2.30. The monoisotopic (exact) mass is 296 g/mol. The summed E-state index contributed by atoms with van der Waals surface area (Å²) in [6.45, 7) is 2.15. The second kappa shape index (κ2) is 5.57. The molecule has 3 aromatic rings. The van der Waals surface area contributed by atoms with E-state index in [-0.39, 0.29) is 16.9 Å². The van der Waals surface area contributed by atoms with Crippen LogP contribution in [0.15, 0.2) is 78.9 Å². The molecule has 0 aliphatic carbocycles. The fraction of sp³-hybridized carbons (Fsp3) is 0.100. The summed E-state index contributed by atoms with van der Waals surface area (Å²) < 4.78 is 0. The van der Waals surface area contributed by atoms with E-state index in [4.69, 9.17) is 0 Å². The Balaban J connectivity index is 2.22. The third-order valence-corrected chi connectivity index (χ3v) is 4.24. The molecule has 3 aromatic carbocycles. The average Bonchev–Trinajstić information content (AvgIpc) is 2.56. The van der Waals surface area contributed by atoms with Crippen LogP contribution in [0, 0.1) is 0 Å². The number of aromatic hydroxyl groups is 2. The van der Waals surface area contributed by atoms with Gasteiger partial charge in [0.1, 0.15) is 11.5 Å². The van der Waals surface area contributed by atoms with Crippen molar-refractivity contribution in [2.24, 2.45) is 0 Å². The van der Waals surface area contributed by atoms with Gasteiger partial charge >= 0.3 is 0 Å². The lowest BCUT2D eigenvalue weighted by atomic mass is 9.81. The molecule has 0 aliphatic rings. The van der Waals surface area contributed by atoms with E-state index < -0.39 is 0 Å². The molecular formula is C20H18O2. The Hall–Kier alpha value is -2.74. The van der Waals surface area contributed by atoms with E-state index >= 15 is 0 Å². The van der Waals surface area contributed by atoms with E-state index in [9.17, 15) is 10.2 Å². The van der Waals surface area contributed by atoms with Gasteiger partial charge in [0.05, 0.1) is 0 Å². The summed E-state index contributed by atoms with van der Waals surface area (Å²) in [5, 5.41) is 19.1. The molecule has 0 aromatic heterocycles. The van der Waals surface area contributed by atoms with Crippen molar-refractivity contribution in [2.45, 2.75) is 12.3 Å². The number of benzene rings is 3. The average molecular weight is 296 g/mol. The molecule has 110 valence electrons. The van der Waals surface area contributed by atoms with E-state index in [1.165, 1.54) is 0 Å². The standard InChI is InChI=1S/C20H18O2/c1-20(15-5-3-2-4-6-15,16-7-11-18(21)12-8-16)17-9-13-19(22)14-10-17/h2-14,21-22H,1H3/i2+1,3+1,4+1,5+1,6+1,15+1. The van der Waals surface area contributed by atoms with Crippen molar-refractivity contribution in [1.29, 1.82) is 0 Å². The van der Waals surface area contributed by atoms with E-state index in [1.54, 1.807) is 24.3 Å². The van der Waals surface area contributed by atoms with Crippen molar-refractivity contribution in [3.8, 4) is 11.5 Å². The summed E-state index contributed by atoms with van der Waals surface area (Å²) in [4.78, 5) is 0. The van der Waals surface area contributed by atoms with Crippen LogP contribution in [-0.4, -0.2) is 10.2 Å². The van der Waals surface area contributed by atoms with Crippen molar-refractivity contribution in [3.63, 3.8) is 0 Å². The zero-order chi connectivity index (χ0) is 15.6. The Labute approximate surface area is 130 Å². The molecular weight excluding hydrogens is 278 g/mol. The topological polar surface area (TPSA) is 40.5 Å². The lowest BCUT2D eigenvalue weighted by molar-refractivity contribution is 0.474. The van der Waals surface area contributed by atoms with Crippen LogP contribution < -0.4 is 0 Å². The normalized spacial score (nSPS) is 11.3. The Morgan fingerprint density at radius 2 is 0.909 bits per heavy atom. The molecule has 0 saturated carbocycles. The van der Waals surface area contributed by atoms with Crippen LogP contribution in [0.5, 0.6) is 11.5 Å². The smallest absolute Gasteiger partial charge is 0.115 e. The van der Waals surface area contributed by atoms with Gasteiger partial charge in [-0.2, -0.15) is 0 Å². The number of phenolic OH excluding ortho intramolecular Hbond substituents is 2. The van der Waals surface area contributed by atoms with Crippen LogP contribution in [0.1, 0.15) is 23.6 Å². The van der Waals surface area contributed by atoms with E-state index in [2.05, 4.69) is 19.1 Å². The van der Waals surface area contributed by atoms with Crippen LogP contribution in [0.25, 0.3) is 0 Å². The lowest BCUT2D eigenvalue weighted by Gasteiger charge is -2.32. The molecule has 0 spiro atoms. The minimum atomic E-state index is -0.358. The van der Waals surface area contributed by atoms with Crippen molar-refractivity contribution in [1.82, 2.24) is 0 Å². The Morgan fingerprint density at radius 3 is 1.32 bits per heavy atom. The van der Waals surface area contributed by atoms with Crippen LogP contribution in [0.4, 0.5) is 0 Å². The van der Waals surface area contributed by atoms with Crippen LogP contribution in [0.2, 0.25) is 0 Å².